The van der Waals surface area contributed by atoms with Crippen LogP contribution in [-0.4, -0.2) is 11.8 Å². The second-order valence-electron chi connectivity index (χ2n) is 7.54. The third-order valence-electron chi connectivity index (χ3n) is 5.79. The van der Waals surface area contributed by atoms with Gasteiger partial charge in [-0.15, -0.1) is 0 Å². The van der Waals surface area contributed by atoms with Gasteiger partial charge in [0.15, 0.2) is 0 Å². The molecule has 2 aliphatic carbocycles. The molecule has 3 rings (SSSR count). The molecule has 3 aliphatic rings. The molecule has 0 aromatic rings. The van der Waals surface area contributed by atoms with Crippen molar-refractivity contribution in [3.8, 4) is 0 Å². The smallest absolute Gasteiger partial charge is 0.230 e. The molecule has 0 aromatic heterocycles. The third-order valence-corrected chi connectivity index (χ3v) is 5.79. The van der Waals surface area contributed by atoms with E-state index in [2.05, 4.69) is 25.2 Å². The monoisotopic (exact) mass is 289 g/mol. The number of amides is 2. The van der Waals surface area contributed by atoms with Crippen LogP contribution >= 0.6 is 0 Å². The fourth-order valence-corrected chi connectivity index (χ4v) is 5.07. The van der Waals surface area contributed by atoms with Crippen LogP contribution in [0, 0.1) is 29.6 Å². The Bertz CT molecular complexity index is 462. The first kappa shape index (κ1) is 14.8. The van der Waals surface area contributed by atoms with Gasteiger partial charge >= 0.3 is 0 Å². The van der Waals surface area contributed by atoms with Crippen LogP contribution in [0.15, 0.2) is 11.6 Å². The molecule has 0 radical (unpaired) electrons. The molecule has 4 atom stereocenters. The summed E-state index contributed by atoms with van der Waals surface area (Å²) in [4.78, 5) is 24.4. The van der Waals surface area contributed by atoms with E-state index in [1.54, 1.807) is 0 Å². The highest BCUT2D eigenvalue weighted by Gasteiger charge is 2.45. The van der Waals surface area contributed by atoms with E-state index >= 15 is 0 Å². The van der Waals surface area contributed by atoms with Crippen molar-refractivity contribution in [1.29, 1.82) is 0 Å². The van der Waals surface area contributed by atoms with Crippen LogP contribution in [0.1, 0.15) is 58.8 Å². The number of rotatable bonds is 2. The fraction of sp³-hybridized carbons (Fsp3) is 0.778. The van der Waals surface area contributed by atoms with Gasteiger partial charge in [0, 0.05) is 12.3 Å². The SMILES string of the molecule is CC1=CC(C)CC(C2CC(=O)NC(=O)C2C2CCCC2)C1. The van der Waals surface area contributed by atoms with E-state index in [9.17, 15) is 9.59 Å². The molecule has 1 N–H and O–H groups in total. The number of nitrogens with one attached hydrogen (secondary N) is 1. The largest absolute Gasteiger partial charge is 0.296 e. The highest BCUT2D eigenvalue weighted by molar-refractivity contribution is 5.99. The van der Waals surface area contributed by atoms with E-state index < -0.39 is 0 Å². The first-order valence-corrected chi connectivity index (χ1v) is 8.55. The van der Waals surface area contributed by atoms with E-state index in [-0.39, 0.29) is 23.7 Å². The molecule has 1 saturated carbocycles. The number of piperidine rings is 1. The van der Waals surface area contributed by atoms with Crippen molar-refractivity contribution in [1.82, 2.24) is 5.32 Å². The van der Waals surface area contributed by atoms with E-state index in [1.165, 1.54) is 31.3 Å². The number of carbonyl (C=O) groups is 2. The van der Waals surface area contributed by atoms with Crippen molar-refractivity contribution < 1.29 is 9.59 Å². The van der Waals surface area contributed by atoms with Gasteiger partial charge in [-0.05, 0) is 56.3 Å². The summed E-state index contributed by atoms with van der Waals surface area (Å²) in [7, 11) is 0. The Morgan fingerprint density at radius 2 is 1.81 bits per heavy atom. The summed E-state index contributed by atoms with van der Waals surface area (Å²) >= 11 is 0. The van der Waals surface area contributed by atoms with Crippen molar-refractivity contribution in [2.75, 3.05) is 0 Å². The minimum absolute atomic E-state index is 0.0167. The Morgan fingerprint density at radius 1 is 1.10 bits per heavy atom. The molecule has 3 heteroatoms. The molecular formula is C18H27NO2. The van der Waals surface area contributed by atoms with Crippen LogP contribution in [0.5, 0.6) is 0 Å². The summed E-state index contributed by atoms with van der Waals surface area (Å²) in [6.45, 7) is 4.45. The lowest BCUT2D eigenvalue weighted by Gasteiger charge is -2.41. The molecule has 116 valence electrons. The molecule has 1 saturated heterocycles. The van der Waals surface area contributed by atoms with Gasteiger partial charge in [-0.3, -0.25) is 14.9 Å². The summed E-state index contributed by atoms with van der Waals surface area (Å²) in [5.41, 5.74) is 1.43. The van der Waals surface area contributed by atoms with Gasteiger partial charge in [-0.2, -0.15) is 0 Å². The van der Waals surface area contributed by atoms with Crippen molar-refractivity contribution in [2.24, 2.45) is 29.6 Å². The average Bonchev–Trinajstić information content (AvgIpc) is 2.90. The molecule has 0 spiro atoms. The van der Waals surface area contributed by atoms with Crippen LogP contribution in [0.4, 0.5) is 0 Å². The lowest BCUT2D eigenvalue weighted by molar-refractivity contribution is -0.142. The summed E-state index contributed by atoms with van der Waals surface area (Å²) in [5.74, 6) is 1.89. The number of carbonyl (C=O) groups excluding carboxylic acids is 2. The molecule has 3 nitrogen and oxygen atoms in total. The second-order valence-corrected chi connectivity index (χ2v) is 7.54. The minimum Gasteiger partial charge on any atom is -0.296 e. The van der Waals surface area contributed by atoms with Gasteiger partial charge in [0.05, 0.1) is 0 Å². The maximum absolute atomic E-state index is 12.5. The maximum atomic E-state index is 12.5. The predicted molar refractivity (Wildman–Crippen MR) is 82.3 cm³/mol. The zero-order valence-corrected chi connectivity index (χ0v) is 13.2. The quantitative estimate of drug-likeness (QED) is 0.625. The predicted octanol–water partition coefficient (Wildman–Crippen LogP) is 3.45. The van der Waals surface area contributed by atoms with Crippen LogP contribution in [0.3, 0.4) is 0 Å². The molecule has 2 fully saturated rings. The summed E-state index contributed by atoms with van der Waals surface area (Å²) in [5, 5.41) is 2.61. The summed E-state index contributed by atoms with van der Waals surface area (Å²) in [6.07, 6.45) is 9.93. The zero-order valence-electron chi connectivity index (χ0n) is 13.2. The van der Waals surface area contributed by atoms with E-state index in [0.717, 1.165) is 12.8 Å². The number of hydrogen-bond acceptors (Lipinski definition) is 2. The molecule has 2 amide bonds. The van der Waals surface area contributed by atoms with Gasteiger partial charge in [-0.25, -0.2) is 0 Å². The van der Waals surface area contributed by atoms with Gasteiger partial charge in [0.1, 0.15) is 0 Å². The normalized spacial score (nSPS) is 38.3. The van der Waals surface area contributed by atoms with Crippen molar-refractivity contribution in [3.05, 3.63) is 11.6 Å². The van der Waals surface area contributed by atoms with Crippen LogP contribution < -0.4 is 5.32 Å². The van der Waals surface area contributed by atoms with Crippen LogP contribution in [-0.2, 0) is 9.59 Å². The molecule has 21 heavy (non-hydrogen) atoms. The minimum atomic E-state index is -0.0564. The highest BCUT2D eigenvalue weighted by atomic mass is 16.2. The molecule has 0 aromatic carbocycles. The van der Waals surface area contributed by atoms with E-state index in [0.29, 0.717) is 24.2 Å². The van der Waals surface area contributed by atoms with Crippen molar-refractivity contribution >= 4 is 11.8 Å². The first-order valence-electron chi connectivity index (χ1n) is 8.55. The lowest BCUT2D eigenvalue weighted by atomic mass is 9.65. The van der Waals surface area contributed by atoms with Crippen LogP contribution in [0.25, 0.3) is 0 Å². The first-order chi connectivity index (χ1) is 10.0. The van der Waals surface area contributed by atoms with Gasteiger partial charge in [-0.1, -0.05) is 31.4 Å². The molecule has 0 bridgehead atoms. The molecule has 1 heterocycles. The Kier molecular flexibility index (Phi) is 4.19. The fourth-order valence-electron chi connectivity index (χ4n) is 5.07. The van der Waals surface area contributed by atoms with Crippen molar-refractivity contribution in [2.45, 2.75) is 58.8 Å². The summed E-state index contributed by atoms with van der Waals surface area (Å²) < 4.78 is 0. The Morgan fingerprint density at radius 3 is 2.48 bits per heavy atom. The maximum Gasteiger partial charge on any atom is 0.230 e. The average molecular weight is 289 g/mol. The molecule has 4 unspecified atom stereocenters. The third kappa shape index (κ3) is 3.07. The van der Waals surface area contributed by atoms with Gasteiger partial charge < -0.3 is 0 Å². The Labute approximate surface area is 127 Å². The Balaban J connectivity index is 1.83. The lowest BCUT2D eigenvalue weighted by Crippen LogP contribution is -2.50. The van der Waals surface area contributed by atoms with E-state index in [1.807, 2.05) is 0 Å². The highest BCUT2D eigenvalue weighted by Crippen LogP contribution is 2.45. The Hall–Kier alpha value is -1.12. The van der Waals surface area contributed by atoms with Gasteiger partial charge in [0.25, 0.3) is 0 Å². The number of hydrogen-bond donors (Lipinski definition) is 1. The van der Waals surface area contributed by atoms with E-state index in [4.69, 9.17) is 0 Å². The second kappa shape index (κ2) is 5.94. The van der Waals surface area contributed by atoms with Gasteiger partial charge in [0.2, 0.25) is 11.8 Å². The summed E-state index contributed by atoms with van der Waals surface area (Å²) in [6, 6.07) is 0. The standard InChI is InChI=1S/C18H27NO2/c1-11-7-12(2)9-14(8-11)15-10-16(20)19-18(21)17(15)13-5-3-4-6-13/h7,11,13-15,17H,3-6,8-10H2,1-2H3,(H,19,20,21). The van der Waals surface area contributed by atoms with Crippen LogP contribution in [0.2, 0.25) is 0 Å². The zero-order chi connectivity index (χ0) is 15.0. The molecule has 1 aliphatic heterocycles. The topological polar surface area (TPSA) is 46.2 Å². The number of imide groups is 1. The van der Waals surface area contributed by atoms with Crippen molar-refractivity contribution in [3.63, 3.8) is 0 Å². The number of allylic oxidation sites excluding steroid dienone is 2. The molecular weight excluding hydrogens is 262 g/mol.